The first-order valence-corrected chi connectivity index (χ1v) is 4.36. The zero-order valence-electron chi connectivity index (χ0n) is 5.78. The van der Waals surface area contributed by atoms with Crippen LogP contribution in [0.3, 0.4) is 0 Å². The van der Waals surface area contributed by atoms with Crippen molar-refractivity contribution in [2.45, 2.75) is 0 Å². The van der Waals surface area contributed by atoms with E-state index in [0.717, 1.165) is 4.47 Å². The van der Waals surface area contributed by atoms with E-state index >= 15 is 0 Å². The summed E-state index contributed by atoms with van der Waals surface area (Å²) in [5.41, 5.74) is 0. The van der Waals surface area contributed by atoms with Crippen LogP contribution in [0.4, 0.5) is 0 Å². The molecule has 0 spiro atoms. The van der Waals surface area contributed by atoms with Crippen molar-refractivity contribution in [3.05, 3.63) is 45.9 Å². The van der Waals surface area contributed by atoms with Gasteiger partial charge in [0.1, 0.15) is 0 Å². The molecular formula is C8H7BrCl2. The van der Waals surface area contributed by atoms with Gasteiger partial charge in [-0.05, 0) is 28.1 Å². The Morgan fingerprint density at radius 3 is 2.09 bits per heavy atom. The van der Waals surface area contributed by atoms with Gasteiger partial charge < -0.3 is 0 Å². The van der Waals surface area contributed by atoms with Crippen molar-refractivity contribution in [1.29, 1.82) is 0 Å². The topological polar surface area (TPSA) is 0 Å². The number of halogens is 3. The first kappa shape index (κ1) is 11.0. The summed E-state index contributed by atoms with van der Waals surface area (Å²) in [4.78, 5) is 0. The monoisotopic (exact) mass is 252 g/mol. The molecule has 0 atom stereocenters. The lowest BCUT2D eigenvalue weighted by molar-refractivity contribution is 1.65. The fraction of sp³-hybridized carbons (Fsp3) is 0. The summed E-state index contributed by atoms with van der Waals surface area (Å²) in [5, 5.41) is 1.14. The molecule has 1 aromatic rings. The molecule has 0 aliphatic heterocycles. The third-order valence-electron chi connectivity index (χ3n) is 0.904. The minimum atomic E-state index is 0.569. The van der Waals surface area contributed by atoms with Gasteiger partial charge in [-0.2, -0.15) is 0 Å². The quantitative estimate of drug-likeness (QED) is 0.470. The van der Waals surface area contributed by atoms with E-state index in [2.05, 4.69) is 29.1 Å². The lowest BCUT2D eigenvalue weighted by Gasteiger charge is -1.94. The SMILES string of the molecule is C=C.Clc1cccc(Br)c1Cl. The minimum Gasteiger partial charge on any atom is -0.106 e. The number of rotatable bonds is 0. The first-order valence-electron chi connectivity index (χ1n) is 2.81. The van der Waals surface area contributed by atoms with E-state index in [9.17, 15) is 0 Å². The molecule has 0 aliphatic rings. The lowest BCUT2D eigenvalue weighted by atomic mass is 10.4. The van der Waals surface area contributed by atoms with Crippen molar-refractivity contribution in [2.24, 2.45) is 0 Å². The summed E-state index contributed by atoms with van der Waals surface area (Å²) < 4.78 is 0.830. The molecule has 0 saturated carbocycles. The third kappa shape index (κ3) is 3.28. The Bertz CT molecular complexity index is 215. The van der Waals surface area contributed by atoms with Crippen molar-refractivity contribution < 1.29 is 0 Å². The highest BCUT2D eigenvalue weighted by Gasteiger charge is 1.98. The van der Waals surface area contributed by atoms with Crippen molar-refractivity contribution in [2.75, 3.05) is 0 Å². The van der Waals surface area contributed by atoms with Crippen LogP contribution in [-0.4, -0.2) is 0 Å². The van der Waals surface area contributed by atoms with E-state index < -0.39 is 0 Å². The Balaban J connectivity index is 0.000000461. The summed E-state index contributed by atoms with van der Waals surface area (Å²) in [6.45, 7) is 6.00. The second kappa shape index (κ2) is 5.64. The van der Waals surface area contributed by atoms with E-state index in [-0.39, 0.29) is 0 Å². The Hall–Kier alpha value is 0.0200. The average molecular weight is 254 g/mol. The molecule has 0 saturated heterocycles. The predicted molar refractivity (Wildman–Crippen MR) is 55.4 cm³/mol. The van der Waals surface area contributed by atoms with Crippen LogP contribution in [0.1, 0.15) is 0 Å². The molecule has 0 amide bonds. The summed E-state index contributed by atoms with van der Waals surface area (Å²) in [7, 11) is 0. The molecular weight excluding hydrogens is 247 g/mol. The van der Waals surface area contributed by atoms with Crippen LogP contribution in [-0.2, 0) is 0 Å². The van der Waals surface area contributed by atoms with Crippen molar-refractivity contribution >= 4 is 39.1 Å². The van der Waals surface area contributed by atoms with Gasteiger partial charge in [0.05, 0.1) is 10.0 Å². The summed E-state index contributed by atoms with van der Waals surface area (Å²) in [5.74, 6) is 0. The van der Waals surface area contributed by atoms with Gasteiger partial charge >= 0.3 is 0 Å². The van der Waals surface area contributed by atoms with E-state index in [4.69, 9.17) is 23.2 Å². The molecule has 11 heavy (non-hydrogen) atoms. The number of hydrogen-bond donors (Lipinski definition) is 0. The molecule has 3 heteroatoms. The molecule has 0 radical (unpaired) electrons. The van der Waals surface area contributed by atoms with Gasteiger partial charge in [-0.1, -0.05) is 29.3 Å². The molecule has 0 N–H and O–H groups in total. The van der Waals surface area contributed by atoms with E-state index in [1.807, 2.05) is 12.1 Å². The first-order chi connectivity index (χ1) is 5.22. The standard InChI is InChI=1S/C6H3BrCl2.C2H4/c7-4-2-1-3-5(8)6(4)9;1-2/h1-3H;1-2H2. The normalized spacial score (nSPS) is 8.27. The minimum absolute atomic E-state index is 0.569. The lowest BCUT2D eigenvalue weighted by Crippen LogP contribution is -1.68. The van der Waals surface area contributed by atoms with Crippen LogP contribution in [0.25, 0.3) is 0 Å². The molecule has 0 nitrogen and oxygen atoms in total. The van der Waals surface area contributed by atoms with Crippen LogP contribution in [0.2, 0.25) is 10.0 Å². The van der Waals surface area contributed by atoms with Gasteiger partial charge in [0.2, 0.25) is 0 Å². The summed E-state index contributed by atoms with van der Waals surface area (Å²) >= 11 is 14.6. The van der Waals surface area contributed by atoms with Crippen molar-refractivity contribution in [3.63, 3.8) is 0 Å². The van der Waals surface area contributed by atoms with E-state index in [1.54, 1.807) is 6.07 Å². The Kier molecular flexibility index (Phi) is 5.65. The molecule has 0 aromatic heterocycles. The van der Waals surface area contributed by atoms with Gasteiger partial charge in [0.25, 0.3) is 0 Å². The molecule has 60 valence electrons. The van der Waals surface area contributed by atoms with Crippen LogP contribution in [0.5, 0.6) is 0 Å². The highest BCUT2D eigenvalue weighted by atomic mass is 79.9. The summed E-state index contributed by atoms with van der Waals surface area (Å²) in [6.07, 6.45) is 0. The zero-order valence-corrected chi connectivity index (χ0v) is 8.88. The second-order valence-electron chi connectivity index (χ2n) is 1.54. The molecule has 0 unspecified atom stereocenters. The highest BCUT2D eigenvalue weighted by molar-refractivity contribution is 9.10. The van der Waals surface area contributed by atoms with Gasteiger partial charge in [0.15, 0.2) is 0 Å². The fourth-order valence-corrected chi connectivity index (χ4v) is 1.26. The van der Waals surface area contributed by atoms with Crippen LogP contribution in [0, 0.1) is 0 Å². The maximum absolute atomic E-state index is 5.70. The smallest absolute Gasteiger partial charge is 0.0734 e. The highest BCUT2D eigenvalue weighted by Crippen LogP contribution is 2.28. The molecule has 0 fully saturated rings. The molecule has 0 aliphatic carbocycles. The Morgan fingerprint density at radius 1 is 1.18 bits per heavy atom. The second-order valence-corrected chi connectivity index (χ2v) is 3.18. The number of benzene rings is 1. The van der Waals surface area contributed by atoms with Crippen molar-refractivity contribution in [1.82, 2.24) is 0 Å². The Morgan fingerprint density at radius 2 is 1.73 bits per heavy atom. The van der Waals surface area contributed by atoms with Crippen molar-refractivity contribution in [3.8, 4) is 0 Å². The Labute approximate surface area is 85.0 Å². The zero-order chi connectivity index (χ0) is 8.85. The molecule has 1 rings (SSSR count). The van der Waals surface area contributed by atoms with Crippen LogP contribution < -0.4 is 0 Å². The van der Waals surface area contributed by atoms with Gasteiger partial charge in [0, 0.05) is 4.47 Å². The fourth-order valence-electron chi connectivity index (χ4n) is 0.477. The van der Waals surface area contributed by atoms with Gasteiger partial charge in [-0.25, -0.2) is 0 Å². The molecule has 1 aromatic carbocycles. The van der Waals surface area contributed by atoms with Gasteiger partial charge in [-0.15, -0.1) is 13.2 Å². The van der Waals surface area contributed by atoms with Crippen LogP contribution in [0.15, 0.2) is 35.8 Å². The van der Waals surface area contributed by atoms with E-state index in [1.165, 1.54) is 0 Å². The summed E-state index contributed by atoms with van der Waals surface area (Å²) in [6, 6.07) is 5.42. The third-order valence-corrected chi connectivity index (χ3v) is 2.61. The van der Waals surface area contributed by atoms with E-state index in [0.29, 0.717) is 10.0 Å². The largest absolute Gasteiger partial charge is 0.106 e. The average Bonchev–Trinajstić information content (AvgIpc) is 2.04. The molecule has 0 bridgehead atoms. The maximum Gasteiger partial charge on any atom is 0.0734 e. The molecule has 0 heterocycles. The number of hydrogen-bond acceptors (Lipinski definition) is 0. The maximum atomic E-state index is 5.70. The van der Waals surface area contributed by atoms with Crippen LogP contribution >= 0.6 is 39.1 Å². The van der Waals surface area contributed by atoms with Gasteiger partial charge in [-0.3, -0.25) is 0 Å². The predicted octanol–water partition coefficient (Wildman–Crippen LogP) is 4.56.